The lowest BCUT2D eigenvalue weighted by atomic mass is 9.84. The highest BCUT2D eigenvalue weighted by molar-refractivity contribution is 5.83. The van der Waals surface area contributed by atoms with E-state index >= 15 is 0 Å². The van der Waals surface area contributed by atoms with Gasteiger partial charge in [0.15, 0.2) is 0 Å². The van der Waals surface area contributed by atoms with Crippen molar-refractivity contribution in [2.45, 2.75) is 78.8 Å². The molecule has 0 radical (unpaired) electrons. The zero-order valence-corrected chi connectivity index (χ0v) is 22.6. The van der Waals surface area contributed by atoms with Gasteiger partial charge >= 0.3 is 0 Å². The molecule has 200 valence electrons. The van der Waals surface area contributed by atoms with Crippen LogP contribution >= 0.6 is 0 Å². The first-order chi connectivity index (χ1) is 16.9. The van der Waals surface area contributed by atoms with Crippen LogP contribution in [0.25, 0.3) is 0 Å². The van der Waals surface area contributed by atoms with Crippen LogP contribution in [0.2, 0.25) is 0 Å². The van der Waals surface area contributed by atoms with E-state index in [4.69, 9.17) is 5.26 Å². The number of carbonyl (C=O) groups excluding carboxylic acids is 3. The van der Waals surface area contributed by atoms with Crippen LogP contribution in [0.3, 0.4) is 0 Å². The topological polar surface area (TPSA) is 143 Å². The monoisotopic (exact) mass is 501 g/mol. The molecule has 3 atom stereocenters. The molecule has 1 saturated carbocycles. The van der Waals surface area contributed by atoms with Gasteiger partial charge in [0.2, 0.25) is 18.2 Å². The summed E-state index contributed by atoms with van der Waals surface area (Å²) in [6.45, 7) is 15.2. The molecule has 1 aromatic rings. The smallest absolute Gasteiger partial charge is 0.241 e. The highest BCUT2D eigenvalue weighted by atomic mass is 16.2. The number of rotatable bonds is 7. The molecule has 3 unspecified atom stereocenters. The summed E-state index contributed by atoms with van der Waals surface area (Å²) >= 11 is 0. The van der Waals surface area contributed by atoms with E-state index in [1.807, 2.05) is 17.0 Å². The summed E-state index contributed by atoms with van der Waals surface area (Å²) in [5.74, 6) is 2.23. The lowest BCUT2D eigenvalue weighted by molar-refractivity contribution is -0.128. The molecule has 0 aromatic carbocycles. The Hall–Kier alpha value is -3.09. The van der Waals surface area contributed by atoms with Gasteiger partial charge in [-0.25, -0.2) is 0 Å². The molecule has 4 rings (SSSR count). The van der Waals surface area contributed by atoms with E-state index in [-0.39, 0.29) is 28.7 Å². The van der Waals surface area contributed by atoms with Gasteiger partial charge in [-0.15, -0.1) is 0 Å². The Balaban J connectivity index is 0.000000222. The number of H-pyrrole nitrogens is 1. The summed E-state index contributed by atoms with van der Waals surface area (Å²) in [6.07, 6.45) is 5.50. The summed E-state index contributed by atoms with van der Waals surface area (Å²) in [6, 6.07) is 3.24. The SMILES string of the molecule is CC(C)C.CC1CN(C(=O)CNc2ccn[nH]2)CC1(C)C.N#CC(CC1CC2(CC2)NC1=O)NC=O. The molecule has 10 heteroatoms. The first kappa shape index (κ1) is 29.1. The number of hydrogen-bond acceptors (Lipinski definition) is 6. The van der Waals surface area contributed by atoms with Crippen molar-refractivity contribution >= 4 is 24.0 Å². The number of nitrogens with zero attached hydrogens (tertiary/aromatic N) is 3. The molecule has 3 amide bonds. The highest BCUT2D eigenvalue weighted by Crippen LogP contribution is 2.46. The van der Waals surface area contributed by atoms with Crippen LogP contribution in [-0.2, 0) is 14.4 Å². The summed E-state index contributed by atoms with van der Waals surface area (Å²) in [5.41, 5.74) is 0.270. The van der Waals surface area contributed by atoms with Crippen LogP contribution in [-0.4, -0.2) is 64.5 Å². The number of hydrogen-bond donors (Lipinski definition) is 4. The van der Waals surface area contributed by atoms with Gasteiger partial charge in [-0.3, -0.25) is 19.5 Å². The predicted octanol–water partition coefficient (Wildman–Crippen LogP) is 2.67. The van der Waals surface area contributed by atoms with Gasteiger partial charge in [0.25, 0.3) is 0 Å². The van der Waals surface area contributed by atoms with Crippen molar-refractivity contribution in [2.24, 2.45) is 23.2 Å². The number of aromatic nitrogens is 2. The third-order valence-electron chi connectivity index (χ3n) is 6.91. The van der Waals surface area contributed by atoms with Crippen LogP contribution in [0.15, 0.2) is 12.3 Å². The van der Waals surface area contributed by atoms with Crippen LogP contribution in [0.4, 0.5) is 5.82 Å². The largest absolute Gasteiger partial charge is 0.361 e. The molecule has 10 nitrogen and oxygen atoms in total. The standard InChI is InChI=1S/C12H20N4O.C10H13N3O2.C4H10/c1-9-7-16(8-12(9,2)3)11(17)6-13-10-4-5-14-15-10;11-5-8(12-6-14)3-7-4-10(1-2-10)13-9(7)15;1-4(2)3/h4-5,9H,6-8H2,1-3H3,(H2,13,14,15);6-8H,1-4H2,(H,12,14)(H,13,15);4H,1-3H3. The molecule has 1 spiro atoms. The molecule has 0 bridgehead atoms. The fourth-order valence-corrected chi connectivity index (χ4v) is 4.29. The van der Waals surface area contributed by atoms with E-state index in [1.165, 1.54) is 0 Å². The minimum atomic E-state index is -0.549. The zero-order valence-electron chi connectivity index (χ0n) is 22.6. The number of carbonyl (C=O) groups is 3. The van der Waals surface area contributed by atoms with Crippen molar-refractivity contribution in [3.8, 4) is 6.07 Å². The maximum atomic E-state index is 12.0. The van der Waals surface area contributed by atoms with Crippen LogP contribution in [0.1, 0.15) is 67.2 Å². The number of nitrogens with one attached hydrogen (secondary N) is 4. The molecular weight excluding hydrogens is 458 g/mol. The molecule has 2 saturated heterocycles. The molecule has 2 aliphatic heterocycles. The maximum Gasteiger partial charge on any atom is 0.241 e. The fraction of sp³-hybridized carbons (Fsp3) is 0.731. The van der Waals surface area contributed by atoms with Crippen molar-refractivity contribution < 1.29 is 14.4 Å². The normalized spacial score (nSPS) is 23.4. The molecule has 3 heterocycles. The number of amides is 3. The van der Waals surface area contributed by atoms with Crippen molar-refractivity contribution in [3.63, 3.8) is 0 Å². The third-order valence-corrected chi connectivity index (χ3v) is 6.91. The summed E-state index contributed by atoms with van der Waals surface area (Å²) in [7, 11) is 0. The van der Waals surface area contributed by atoms with Crippen LogP contribution in [0.5, 0.6) is 0 Å². The third kappa shape index (κ3) is 8.85. The van der Waals surface area contributed by atoms with Gasteiger partial charge in [-0.05, 0) is 49.0 Å². The average molecular weight is 502 g/mol. The minimum Gasteiger partial charge on any atom is -0.361 e. The summed E-state index contributed by atoms with van der Waals surface area (Å²) < 4.78 is 0. The Morgan fingerprint density at radius 3 is 2.47 bits per heavy atom. The second-order valence-corrected chi connectivity index (χ2v) is 11.6. The van der Waals surface area contributed by atoms with Crippen molar-refractivity contribution in [3.05, 3.63) is 12.3 Å². The number of nitriles is 1. The Morgan fingerprint density at radius 1 is 1.36 bits per heavy atom. The maximum absolute atomic E-state index is 12.0. The second-order valence-electron chi connectivity index (χ2n) is 11.6. The van der Waals surface area contributed by atoms with E-state index in [2.05, 4.69) is 67.7 Å². The zero-order chi connectivity index (χ0) is 26.9. The van der Waals surface area contributed by atoms with Gasteiger partial charge < -0.3 is 20.9 Å². The lowest BCUT2D eigenvalue weighted by Crippen LogP contribution is -2.34. The molecule has 4 N–H and O–H groups in total. The Labute approximate surface area is 215 Å². The summed E-state index contributed by atoms with van der Waals surface area (Å²) in [4.78, 5) is 35.7. The van der Waals surface area contributed by atoms with E-state index in [9.17, 15) is 14.4 Å². The minimum absolute atomic E-state index is 0.0282. The Bertz CT molecular complexity index is 900. The van der Waals surface area contributed by atoms with E-state index in [1.54, 1.807) is 6.20 Å². The first-order valence-electron chi connectivity index (χ1n) is 12.8. The van der Waals surface area contributed by atoms with Gasteiger partial charge in [-0.1, -0.05) is 41.5 Å². The highest BCUT2D eigenvalue weighted by Gasteiger charge is 2.52. The predicted molar refractivity (Wildman–Crippen MR) is 139 cm³/mol. The van der Waals surface area contributed by atoms with Gasteiger partial charge in [-0.2, -0.15) is 10.4 Å². The van der Waals surface area contributed by atoms with Crippen LogP contribution in [0, 0.1) is 34.5 Å². The average Bonchev–Trinajstić information content (AvgIpc) is 3.10. The van der Waals surface area contributed by atoms with E-state index < -0.39 is 6.04 Å². The molecule has 36 heavy (non-hydrogen) atoms. The summed E-state index contributed by atoms with van der Waals surface area (Å²) in [5, 5.41) is 23.7. The molecular formula is C26H43N7O3. The van der Waals surface area contributed by atoms with Gasteiger partial charge in [0, 0.05) is 24.5 Å². The molecule has 1 aromatic heterocycles. The molecule has 3 aliphatic rings. The number of likely N-dealkylation sites (tertiary alicyclic amines) is 1. The van der Waals surface area contributed by atoms with E-state index in [0.717, 1.165) is 44.1 Å². The quantitative estimate of drug-likeness (QED) is 0.423. The number of aromatic amines is 1. The number of anilines is 1. The first-order valence-corrected chi connectivity index (χ1v) is 12.8. The van der Waals surface area contributed by atoms with Gasteiger partial charge in [0.05, 0.1) is 18.8 Å². The van der Waals surface area contributed by atoms with E-state index in [0.29, 0.717) is 25.3 Å². The molecule has 1 aliphatic carbocycles. The van der Waals surface area contributed by atoms with Crippen molar-refractivity contribution in [1.82, 2.24) is 25.7 Å². The Morgan fingerprint density at radius 2 is 2.03 bits per heavy atom. The van der Waals surface area contributed by atoms with Crippen molar-refractivity contribution in [2.75, 3.05) is 25.0 Å². The van der Waals surface area contributed by atoms with Crippen molar-refractivity contribution in [1.29, 1.82) is 5.26 Å². The molecule has 3 fully saturated rings. The second kappa shape index (κ2) is 12.7. The van der Waals surface area contributed by atoms with Crippen LogP contribution < -0.4 is 16.0 Å². The van der Waals surface area contributed by atoms with Gasteiger partial charge in [0.1, 0.15) is 11.9 Å². The lowest BCUT2D eigenvalue weighted by Gasteiger charge is -2.22. The fourth-order valence-electron chi connectivity index (χ4n) is 4.29. The Kier molecular flexibility index (Phi) is 10.3.